The molecule has 0 amide bonds. The van der Waals surface area contributed by atoms with Crippen LogP contribution in [0.4, 0.5) is 0 Å². The van der Waals surface area contributed by atoms with Crippen LogP contribution in [-0.2, 0) is 0 Å². The molecule has 0 bridgehead atoms. The van der Waals surface area contributed by atoms with Gasteiger partial charge >= 0.3 is 0 Å². The Morgan fingerprint density at radius 2 is 1.47 bits per heavy atom. The summed E-state index contributed by atoms with van der Waals surface area (Å²) >= 11 is 0. The van der Waals surface area contributed by atoms with E-state index in [1.807, 2.05) is 6.92 Å². The van der Waals surface area contributed by atoms with Gasteiger partial charge in [-0.15, -0.1) is 0 Å². The minimum Gasteiger partial charge on any atom is -0.494 e. The third kappa shape index (κ3) is 4.00. The van der Waals surface area contributed by atoms with Gasteiger partial charge in [-0.25, -0.2) is 0 Å². The third-order valence-corrected chi connectivity index (χ3v) is 18.2. The summed E-state index contributed by atoms with van der Waals surface area (Å²) in [5.41, 5.74) is 0. The van der Waals surface area contributed by atoms with Gasteiger partial charge in [0, 0.05) is 16.6 Å². The Hall–Kier alpha value is -0.546. The van der Waals surface area contributed by atoms with E-state index in [1.54, 1.807) is 5.19 Å². The molecule has 0 atom stereocenters. The SMILES string of the molecule is CCOc1ccc([SiH2][Si](CC)(CC)CC)cc1. The maximum atomic E-state index is 5.50. The van der Waals surface area contributed by atoms with Crippen LogP contribution in [0.2, 0.25) is 18.1 Å². The zero-order chi connectivity index (χ0) is 12.7. The van der Waals surface area contributed by atoms with Crippen LogP contribution >= 0.6 is 0 Å². The van der Waals surface area contributed by atoms with Crippen molar-refractivity contribution in [2.75, 3.05) is 6.61 Å². The summed E-state index contributed by atoms with van der Waals surface area (Å²) in [6.07, 6.45) is 0. The van der Waals surface area contributed by atoms with Crippen LogP contribution in [0, 0.1) is 0 Å². The average molecular weight is 267 g/mol. The molecule has 1 aromatic carbocycles. The smallest absolute Gasteiger partial charge is 0.119 e. The molecule has 0 saturated carbocycles. The van der Waals surface area contributed by atoms with Gasteiger partial charge in [-0.2, -0.15) is 0 Å². The van der Waals surface area contributed by atoms with Gasteiger partial charge in [0.1, 0.15) is 5.75 Å². The van der Waals surface area contributed by atoms with Crippen molar-refractivity contribution < 1.29 is 4.74 Å². The molecule has 0 aliphatic carbocycles. The lowest BCUT2D eigenvalue weighted by molar-refractivity contribution is 0.340. The fourth-order valence-electron chi connectivity index (χ4n) is 2.43. The number of ether oxygens (including phenoxy) is 1. The van der Waals surface area contributed by atoms with Crippen molar-refractivity contribution >= 4 is 21.8 Å². The zero-order valence-electron chi connectivity index (χ0n) is 11.8. The molecule has 1 nitrogen and oxygen atoms in total. The summed E-state index contributed by atoms with van der Waals surface area (Å²) in [5, 5.41) is 1.63. The second kappa shape index (κ2) is 7.01. The molecule has 0 spiro atoms. The van der Waals surface area contributed by atoms with Crippen molar-refractivity contribution in [3.05, 3.63) is 24.3 Å². The first-order valence-corrected chi connectivity index (χ1v) is 12.6. The quantitative estimate of drug-likeness (QED) is 0.690. The normalized spacial score (nSPS) is 12.2. The summed E-state index contributed by atoms with van der Waals surface area (Å²) in [6.45, 7) is 10.0. The molecule has 1 aromatic rings. The number of hydrogen-bond acceptors (Lipinski definition) is 1. The average Bonchev–Trinajstić information content (AvgIpc) is 2.39. The van der Waals surface area contributed by atoms with Crippen LogP contribution in [0.15, 0.2) is 24.3 Å². The van der Waals surface area contributed by atoms with Gasteiger partial charge in [-0.3, -0.25) is 0 Å². The van der Waals surface area contributed by atoms with Gasteiger partial charge in [0.15, 0.2) is 0 Å². The first kappa shape index (κ1) is 14.5. The first-order chi connectivity index (χ1) is 8.19. The molecule has 0 unspecified atom stereocenters. The van der Waals surface area contributed by atoms with E-state index in [0.29, 0.717) is 0 Å². The molecule has 1 rings (SSSR count). The van der Waals surface area contributed by atoms with Crippen molar-refractivity contribution in [3.8, 4) is 5.75 Å². The third-order valence-electron chi connectivity index (χ3n) is 4.06. The molecule has 0 aliphatic heterocycles. The highest BCUT2D eigenvalue weighted by Gasteiger charge is 2.27. The largest absolute Gasteiger partial charge is 0.494 e. The molecule has 0 aromatic heterocycles. The monoisotopic (exact) mass is 266 g/mol. The van der Waals surface area contributed by atoms with Crippen LogP contribution in [0.3, 0.4) is 0 Å². The maximum Gasteiger partial charge on any atom is 0.119 e. The van der Waals surface area contributed by atoms with Gasteiger partial charge < -0.3 is 4.74 Å². The van der Waals surface area contributed by atoms with Gasteiger partial charge in [-0.05, 0) is 19.1 Å². The van der Waals surface area contributed by atoms with E-state index in [-0.39, 0.29) is 9.04 Å². The molecule has 0 heterocycles. The second-order valence-corrected chi connectivity index (χ2v) is 16.7. The Kier molecular flexibility index (Phi) is 5.99. The molecule has 0 N–H and O–H groups in total. The van der Waals surface area contributed by atoms with Crippen molar-refractivity contribution in [2.45, 2.75) is 45.8 Å². The predicted molar refractivity (Wildman–Crippen MR) is 83.0 cm³/mol. The van der Waals surface area contributed by atoms with Crippen molar-refractivity contribution in [1.29, 1.82) is 0 Å². The van der Waals surface area contributed by atoms with Crippen LogP contribution in [0.1, 0.15) is 27.7 Å². The molecular formula is C14H26OSi2. The highest BCUT2D eigenvalue weighted by atomic mass is 29.2. The van der Waals surface area contributed by atoms with E-state index in [9.17, 15) is 0 Å². The standard InChI is InChI=1S/C14H26OSi2/c1-5-15-13-9-11-14(12-10-13)16-17(6-2,7-3)8-4/h9-12H,5-8,16H2,1-4H3. The summed E-state index contributed by atoms with van der Waals surface area (Å²) in [5.74, 6) is 1.02. The summed E-state index contributed by atoms with van der Waals surface area (Å²) in [7, 11) is -0.947. The van der Waals surface area contributed by atoms with Crippen LogP contribution in [0.25, 0.3) is 0 Å². The second-order valence-electron chi connectivity index (χ2n) is 4.81. The van der Waals surface area contributed by atoms with E-state index >= 15 is 0 Å². The van der Waals surface area contributed by atoms with E-state index in [0.717, 1.165) is 12.4 Å². The van der Waals surface area contributed by atoms with Crippen molar-refractivity contribution in [3.63, 3.8) is 0 Å². The Labute approximate surface area is 109 Å². The lowest BCUT2D eigenvalue weighted by Gasteiger charge is -2.27. The summed E-state index contributed by atoms with van der Waals surface area (Å²) in [4.78, 5) is 0. The van der Waals surface area contributed by atoms with Crippen LogP contribution in [0.5, 0.6) is 5.75 Å². The Morgan fingerprint density at radius 3 is 1.88 bits per heavy atom. The first-order valence-electron chi connectivity index (χ1n) is 6.91. The fourth-order valence-corrected chi connectivity index (χ4v) is 11.6. The van der Waals surface area contributed by atoms with Crippen molar-refractivity contribution in [2.24, 2.45) is 0 Å². The highest BCUT2D eigenvalue weighted by molar-refractivity contribution is 7.29. The van der Waals surface area contributed by atoms with Gasteiger partial charge in [0.2, 0.25) is 0 Å². The molecule has 17 heavy (non-hydrogen) atoms. The molecule has 0 radical (unpaired) electrons. The van der Waals surface area contributed by atoms with E-state index < -0.39 is 7.59 Å². The molecule has 0 saturated heterocycles. The molecule has 3 heteroatoms. The van der Waals surface area contributed by atoms with Crippen molar-refractivity contribution in [1.82, 2.24) is 0 Å². The predicted octanol–water partition coefficient (Wildman–Crippen LogP) is 2.88. The van der Waals surface area contributed by atoms with Crippen LogP contribution in [-0.4, -0.2) is 23.2 Å². The van der Waals surface area contributed by atoms with E-state index in [2.05, 4.69) is 45.0 Å². The Morgan fingerprint density at radius 1 is 0.941 bits per heavy atom. The molecule has 0 aliphatic rings. The molecule has 96 valence electrons. The number of rotatable bonds is 7. The highest BCUT2D eigenvalue weighted by Crippen LogP contribution is 2.18. The van der Waals surface area contributed by atoms with Crippen LogP contribution < -0.4 is 9.92 Å². The van der Waals surface area contributed by atoms with E-state index in [1.165, 1.54) is 18.1 Å². The van der Waals surface area contributed by atoms with E-state index in [4.69, 9.17) is 4.74 Å². The molecular weight excluding hydrogens is 240 g/mol. The van der Waals surface area contributed by atoms with Gasteiger partial charge in [0.05, 0.1) is 6.61 Å². The Balaban J connectivity index is 2.73. The fraction of sp³-hybridized carbons (Fsp3) is 0.571. The minimum atomic E-state index is -0.896. The van der Waals surface area contributed by atoms with Gasteiger partial charge in [-0.1, -0.05) is 56.2 Å². The lowest BCUT2D eigenvalue weighted by atomic mass is 10.3. The van der Waals surface area contributed by atoms with Gasteiger partial charge in [0.25, 0.3) is 0 Å². The summed E-state index contributed by atoms with van der Waals surface area (Å²) < 4.78 is 5.50. The minimum absolute atomic E-state index is 0.0509. The Bertz CT molecular complexity index is 309. The summed E-state index contributed by atoms with van der Waals surface area (Å²) in [6, 6.07) is 13.3. The maximum absolute atomic E-state index is 5.50. The number of benzene rings is 1. The topological polar surface area (TPSA) is 9.23 Å². The zero-order valence-corrected chi connectivity index (χ0v) is 14.2. The lowest BCUT2D eigenvalue weighted by Crippen LogP contribution is -2.45. The molecule has 0 fully saturated rings. The number of hydrogen-bond donors (Lipinski definition) is 0.